The van der Waals surface area contributed by atoms with Crippen LogP contribution in [0.15, 0.2) is 48.8 Å². The third kappa shape index (κ3) is 3.58. The molecule has 166 valence electrons. The molecule has 4 aromatic rings. The van der Waals surface area contributed by atoms with Gasteiger partial charge in [-0.2, -0.15) is 5.10 Å². The molecule has 10 heteroatoms. The lowest BCUT2D eigenvalue weighted by molar-refractivity contribution is -0.118. The number of carbonyl (C=O) groups is 1. The summed E-state index contributed by atoms with van der Waals surface area (Å²) in [4.78, 5) is 17.7. The fraction of sp³-hybridized carbons (Fsp3) is 0.304. The SMILES string of the molecule is O=C(Nc1ccc(-n2cnc(C3CCC3)n2)c(-c2nnn[nH]2)c1)C1(c2cccc(Cl)c2)CC1. The van der Waals surface area contributed by atoms with Crippen molar-refractivity contribution in [2.45, 2.75) is 43.4 Å². The van der Waals surface area contributed by atoms with Crippen molar-refractivity contribution in [1.29, 1.82) is 0 Å². The smallest absolute Gasteiger partial charge is 0.235 e. The number of rotatable bonds is 6. The van der Waals surface area contributed by atoms with E-state index in [1.54, 1.807) is 11.0 Å². The van der Waals surface area contributed by atoms with E-state index in [1.165, 1.54) is 6.42 Å². The zero-order valence-corrected chi connectivity index (χ0v) is 18.5. The third-order valence-electron chi connectivity index (χ3n) is 6.64. The van der Waals surface area contributed by atoms with E-state index in [0.29, 0.717) is 22.5 Å². The Hall–Kier alpha value is -3.59. The molecule has 2 fully saturated rings. The van der Waals surface area contributed by atoms with E-state index in [9.17, 15) is 4.79 Å². The molecule has 0 spiro atoms. The number of amides is 1. The molecule has 0 radical (unpaired) electrons. The van der Waals surface area contributed by atoms with Crippen molar-refractivity contribution in [3.63, 3.8) is 0 Å². The van der Waals surface area contributed by atoms with Crippen LogP contribution in [0.4, 0.5) is 5.69 Å². The van der Waals surface area contributed by atoms with E-state index in [0.717, 1.165) is 48.3 Å². The molecule has 33 heavy (non-hydrogen) atoms. The summed E-state index contributed by atoms with van der Waals surface area (Å²) in [5.41, 5.74) is 2.55. The average molecular weight is 461 g/mol. The first-order chi connectivity index (χ1) is 16.1. The molecule has 9 nitrogen and oxygen atoms in total. The fourth-order valence-electron chi connectivity index (χ4n) is 4.33. The second kappa shape index (κ2) is 7.77. The maximum absolute atomic E-state index is 13.2. The molecule has 2 aromatic carbocycles. The summed E-state index contributed by atoms with van der Waals surface area (Å²) in [6.45, 7) is 0. The summed E-state index contributed by atoms with van der Waals surface area (Å²) >= 11 is 6.16. The van der Waals surface area contributed by atoms with Crippen molar-refractivity contribution < 1.29 is 4.79 Å². The highest BCUT2D eigenvalue weighted by molar-refractivity contribution is 6.30. The Bertz CT molecular complexity index is 1320. The van der Waals surface area contributed by atoms with E-state index in [2.05, 4.69) is 36.0 Å². The number of benzene rings is 2. The molecule has 1 amide bonds. The minimum atomic E-state index is -0.541. The van der Waals surface area contributed by atoms with Gasteiger partial charge in [-0.05, 0) is 72.0 Å². The minimum absolute atomic E-state index is 0.0489. The van der Waals surface area contributed by atoms with Gasteiger partial charge in [0, 0.05) is 22.2 Å². The van der Waals surface area contributed by atoms with Gasteiger partial charge in [0.15, 0.2) is 11.6 Å². The van der Waals surface area contributed by atoms with Gasteiger partial charge in [-0.25, -0.2) is 14.8 Å². The van der Waals surface area contributed by atoms with Crippen LogP contribution in [0.2, 0.25) is 5.02 Å². The van der Waals surface area contributed by atoms with Gasteiger partial charge in [0.2, 0.25) is 5.91 Å². The van der Waals surface area contributed by atoms with Crippen molar-refractivity contribution in [1.82, 2.24) is 35.4 Å². The average Bonchev–Trinajstić information content (AvgIpc) is 3.16. The predicted octanol–water partition coefficient (Wildman–Crippen LogP) is 4.04. The van der Waals surface area contributed by atoms with Crippen LogP contribution in [-0.4, -0.2) is 41.3 Å². The Morgan fingerprint density at radius 1 is 1.18 bits per heavy atom. The van der Waals surface area contributed by atoms with Crippen LogP contribution in [0.5, 0.6) is 0 Å². The Kier molecular flexibility index (Phi) is 4.72. The highest BCUT2D eigenvalue weighted by Gasteiger charge is 2.51. The molecule has 0 saturated heterocycles. The third-order valence-corrected chi connectivity index (χ3v) is 6.88. The lowest BCUT2D eigenvalue weighted by Gasteiger charge is -2.21. The number of halogens is 1. The molecule has 0 atom stereocenters. The van der Waals surface area contributed by atoms with E-state index < -0.39 is 5.41 Å². The molecule has 2 aliphatic rings. The number of nitrogens with zero attached hydrogens (tertiary/aromatic N) is 6. The van der Waals surface area contributed by atoms with E-state index in [4.69, 9.17) is 11.6 Å². The topological polar surface area (TPSA) is 114 Å². The molecule has 0 bridgehead atoms. The number of carbonyl (C=O) groups excluding carboxylic acids is 1. The Morgan fingerprint density at radius 3 is 2.76 bits per heavy atom. The van der Waals surface area contributed by atoms with Gasteiger partial charge in [-0.1, -0.05) is 30.2 Å². The molecule has 0 unspecified atom stereocenters. The second-order valence-corrected chi connectivity index (χ2v) is 9.14. The van der Waals surface area contributed by atoms with Gasteiger partial charge in [0.05, 0.1) is 11.1 Å². The maximum Gasteiger partial charge on any atom is 0.235 e. The Balaban J connectivity index is 1.32. The summed E-state index contributed by atoms with van der Waals surface area (Å²) < 4.78 is 1.74. The summed E-state index contributed by atoms with van der Waals surface area (Å²) in [6.07, 6.45) is 6.77. The van der Waals surface area contributed by atoms with Gasteiger partial charge in [-0.3, -0.25) is 4.79 Å². The number of H-pyrrole nitrogens is 1. The molecule has 2 N–H and O–H groups in total. The lowest BCUT2D eigenvalue weighted by atomic mass is 9.85. The number of tetrazole rings is 1. The van der Waals surface area contributed by atoms with Gasteiger partial charge >= 0.3 is 0 Å². The molecule has 2 aromatic heterocycles. The van der Waals surface area contributed by atoms with Crippen molar-refractivity contribution in [3.05, 3.63) is 65.2 Å². The summed E-state index contributed by atoms with van der Waals surface area (Å²) in [7, 11) is 0. The largest absolute Gasteiger partial charge is 0.325 e. The van der Waals surface area contributed by atoms with E-state index in [1.807, 2.05) is 42.5 Å². The number of hydrogen-bond donors (Lipinski definition) is 2. The van der Waals surface area contributed by atoms with Crippen molar-refractivity contribution in [2.75, 3.05) is 5.32 Å². The molecule has 2 saturated carbocycles. The van der Waals surface area contributed by atoms with Gasteiger partial charge in [-0.15, -0.1) is 5.10 Å². The number of nitrogens with one attached hydrogen (secondary N) is 2. The van der Waals surface area contributed by atoms with Crippen LogP contribution >= 0.6 is 11.6 Å². The fourth-order valence-corrected chi connectivity index (χ4v) is 4.52. The van der Waals surface area contributed by atoms with E-state index >= 15 is 0 Å². The number of aromatic amines is 1. The molecular formula is C23H21ClN8O. The quantitative estimate of drug-likeness (QED) is 0.448. The van der Waals surface area contributed by atoms with Crippen LogP contribution in [0, 0.1) is 0 Å². The minimum Gasteiger partial charge on any atom is -0.325 e. The molecule has 0 aliphatic heterocycles. The zero-order chi connectivity index (χ0) is 22.4. The molecule has 2 heterocycles. The monoisotopic (exact) mass is 460 g/mol. The first kappa shape index (κ1) is 20.0. The van der Waals surface area contributed by atoms with Gasteiger partial charge in [0.25, 0.3) is 0 Å². The zero-order valence-electron chi connectivity index (χ0n) is 17.7. The number of anilines is 1. The first-order valence-electron chi connectivity index (χ1n) is 11.0. The molecular weight excluding hydrogens is 440 g/mol. The van der Waals surface area contributed by atoms with Crippen LogP contribution in [0.1, 0.15) is 49.4 Å². The van der Waals surface area contributed by atoms with E-state index in [-0.39, 0.29) is 5.91 Å². The Morgan fingerprint density at radius 2 is 2.06 bits per heavy atom. The number of hydrogen-bond acceptors (Lipinski definition) is 6. The first-order valence-corrected chi connectivity index (χ1v) is 11.4. The second-order valence-electron chi connectivity index (χ2n) is 8.70. The predicted molar refractivity (Wildman–Crippen MR) is 122 cm³/mol. The van der Waals surface area contributed by atoms with Crippen LogP contribution < -0.4 is 5.32 Å². The maximum atomic E-state index is 13.2. The standard InChI is InChI=1S/C23H21ClN8O/c24-16-6-2-5-15(11-16)23(9-10-23)22(33)26-17-7-8-19(18(12-17)21-27-30-31-28-21)32-13-25-20(29-32)14-3-1-4-14/h2,5-8,11-14H,1,3-4,9-10H2,(H,26,33)(H,27,28,30,31). The number of aromatic nitrogens is 7. The van der Waals surface area contributed by atoms with Crippen molar-refractivity contribution >= 4 is 23.2 Å². The van der Waals surface area contributed by atoms with Crippen molar-refractivity contribution in [3.8, 4) is 17.1 Å². The van der Waals surface area contributed by atoms with Gasteiger partial charge < -0.3 is 5.32 Å². The molecule has 6 rings (SSSR count). The summed E-state index contributed by atoms with van der Waals surface area (Å²) in [5, 5.41) is 22.7. The summed E-state index contributed by atoms with van der Waals surface area (Å²) in [6, 6.07) is 13.1. The summed E-state index contributed by atoms with van der Waals surface area (Å²) in [5.74, 6) is 1.73. The van der Waals surface area contributed by atoms with Crippen LogP contribution in [-0.2, 0) is 10.2 Å². The Labute approximate surface area is 194 Å². The molecule has 2 aliphatic carbocycles. The van der Waals surface area contributed by atoms with Crippen molar-refractivity contribution in [2.24, 2.45) is 0 Å². The highest BCUT2D eigenvalue weighted by atomic mass is 35.5. The van der Waals surface area contributed by atoms with Gasteiger partial charge in [0.1, 0.15) is 6.33 Å². The van der Waals surface area contributed by atoms with Crippen LogP contribution in [0.25, 0.3) is 17.1 Å². The normalized spacial score (nSPS) is 16.9. The van der Waals surface area contributed by atoms with Crippen LogP contribution in [0.3, 0.4) is 0 Å². The lowest BCUT2D eigenvalue weighted by Crippen LogP contribution is -2.27. The highest BCUT2D eigenvalue weighted by Crippen LogP contribution is 2.49.